The number of aliphatic hydroxyl groups excluding tert-OH is 1. The minimum absolute atomic E-state index is 0.0129. The van der Waals surface area contributed by atoms with E-state index in [0.717, 1.165) is 37.1 Å². The number of carbonyl (C=O) groups excluding carboxylic acids is 1. The number of fused-ring (bicyclic) bond motifs is 1. The van der Waals surface area contributed by atoms with Gasteiger partial charge in [-0.15, -0.1) is 0 Å². The summed E-state index contributed by atoms with van der Waals surface area (Å²) >= 11 is 0. The molecule has 1 heterocycles. The number of hydrogen-bond acceptors (Lipinski definition) is 3. The number of hydrogen-bond donors (Lipinski definition) is 1. The predicted molar refractivity (Wildman–Crippen MR) is 72.6 cm³/mol. The lowest BCUT2D eigenvalue weighted by molar-refractivity contribution is -0.120. The summed E-state index contributed by atoms with van der Waals surface area (Å²) in [5, 5.41) is 9.56. The topological polar surface area (TPSA) is 49.8 Å². The fraction of sp³-hybridized carbons (Fsp3) is 0.533. The highest BCUT2D eigenvalue weighted by atomic mass is 16.5. The van der Waals surface area contributed by atoms with E-state index in [0.29, 0.717) is 5.92 Å². The van der Waals surface area contributed by atoms with Gasteiger partial charge in [0.1, 0.15) is 5.75 Å². The maximum Gasteiger partial charge on any atom is 0.264 e. The van der Waals surface area contributed by atoms with Crippen LogP contribution in [-0.4, -0.2) is 30.8 Å². The van der Waals surface area contributed by atoms with E-state index in [9.17, 15) is 9.90 Å². The van der Waals surface area contributed by atoms with Gasteiger partial charge in [0.05, 0.1) is 11.8 Å². The molecule has 3 rings (SSSR count). The van der Waals surface area contributed by atoms with Gasteiger partial charge in [-0.1, -0.05) is 6.07 Å². The third-order valence-corrected chi connectivity index (χ3v) is 4.24. The number of carbonyl (C=O) groups is 1. The third kappa shape index (κ3) is 2.32. The normalized spacial score (nSPS) is 26.8. The molecule has 1 saturated carbocycles. The molecule has 1 aliphatic heterocycles. The number of anilines is 1. The first-order valence-electron chi connectivity index (χ1n) is 6.86. The van der Waals surface area contributed by atoms with Gasteiger partial charge >= 0.3 is 0 Å². The minimum Gasteiger partial charge on any atom is -0.482 e. The Morgan fingerprint density at radius 1 is 1.26 bits per heavy atom. The summed E-state index contributed by atoms with van der Waals surface area (Å²) in [6.07, 6.45) is 3.67. The molecular weight excluding hydrogens is 242 g/mol. The van der Waals surface area contributed by atoms with Gasteiger partial charge in [0.2, 0.25) is 0 Å². The Kier molecular flexibility index (Phi) is 3.19. The van der Waals surface area contributed by atoms with Crippen molar-refractivity contribution in [3.05, 3.63) is 23.8 Å². The fourth-order valence-corrected chi connectivity index (χ4v) is 2.96. The molecule has 1 aliphatic carbocycles. The van der Waals surface area contributed by atoms with Gasteiger partial charge in [-0.05, 0) is 49.3 Å². The van der Waals surface area contributed by atoms with Crippen LogP contribution >= 0.6 is 0 Å². The maximum absolute atomic E-state index is 11.6. The smallest absolute Gasteiger partial charge is 0.264 e. The van der Waals surface area contributed by atoms with Crippen LogP contribution in [0.5, 0.6) is 5.75 Å². The summed E-state index contributed by atoms with van der Waals surface area (Å²) in [4.78, 5) is 13.2. The van der Waals surface area contributed by atoms with Crippen molar-refractivity contribution in [2.45, 2.75) is 37.7 Å². The van der Waals surface area contributed by atoms with Crippen LogP contribution < -0.4 is 9.64 Å². The van der Waals surface area contributed by atoms with Crippen molar-refractivity contribution in [1.29, 1.82) is 0 Å². The average molecular weight is 261 g/mol. The molecule has 2 aliphatic rings. The quantitative estimate of drug-likeness (QED) is 0.842. The van der Waals surface area contributed by atoms with Crippen LogP contribution in [0.1, 0.15) is 37.2 Å². The number of nitrogens with zero attached hydrogens (tertiary/aromatic N) is 1. The SMILES string of the molecule is CN1C(=O)COc2cc(C3CCC(O)CC3)ccc21. The molecule has 1 aromatic rings. The lowest BCUT2D eigenvalue weighted by Gasteiger charge is -2.29. The standard InChI is InChI=1S/C15H19NO3/c1-16-13-7-4-11(8-14(13)19-9-15(16)18)10-2-5-12(17)6-3-10/h4,7-8,10,12,17H,2-3,5-6,9H2,1H3. The molecule has 1 amide bonds. The van der Waals surface area contributed by atoms with Crippen molar-refractivity contribution in [3.8, 4) is 5.75 Å². The third-order valence-electron chi connectivity index (χ3n) is 4.24. The van der Waals surface area contributed by atoms with Crippen molar-refractivity contribution in [2.24, 2.45) is 0 Å². The van der Waals surface area contributed by atoms with E-state index in [1.165, 1.54) is 5.56 Å². The second kappa shape index (κ2) is 4.85. The molecule has 0 aromatic heterocycles. The van der Waals surface area contributed by atoms with Gasteiger partial charge in [0.25, 0.3) is 5.91 Å². The lowest BCUT2D eigenvalue weighted by Crippen LogP contribution is -2.35. The predicted octanol–water partition coefficient (Wildman–Crippen LogP) is 2.06. The Hall–Kier alpha value is -1.55. The fourth-order valence-electron chi connectivity index (χ4n) is 2.96. The molecule has 0 saturated heterocycles. The van der Waals surface area contributed by atoms with E-state index in [4.69, 9.17) is 4.74 Å². The van der Waals surface area contributed by atoms with Gasteiger partial charge in [-0.3, -0.25) is 4.79 Å². The van der Waals surface area contributed by atoms with Gasteiger partial charge < -0.3 is 14.7 Å². The van der Waals surface area contributed by atoms with E-state index in [-0.39, 0.29) is 18.6 Å². The second-order valence-corrected chi connectivity index (χ2v) is 5.47. The lowest BCUT2D eigenvalue weighted by atomic mass is 9.82. The molecule has 1 aromatic carbocycles. The second-order valence-electron chi connectivity index (χ2n) is 5.47. The van der Waals surface area contributed by atoms with Crippen LogP contribution in [0.15, 0.2) is 18.2 Å². The summed E-state index contributed by atoms with van der Waals surface area (Å²) in [7, 11) is 1.78. The van der Waals surface area contributed by atoms with Crippen LogP contribution in [-0.2, 0) is 4.79 Å². The molecule has 0 atom stereocenters. The molecule has 1 fully saturated rings. The first kappa shape index (κ1) is 12.5. The zero-order valence-corrected chi connectivity index (χ0v) is 11.1. The summed E-state index contributed by atoms with van der Waals surface area (Å²) in [5.74, 6) is 1.28. The van der Waals surface area contributed by atoms with Crippen molar-refractivity contribution in [2.75, 3.05) is 18.6 Å². The molecule has 19 heavy (non-hydrogen) atoms. The van der Waals surface area contributed by atoms with Crippen molar-refractivity contribution >= 4 is 11.6 Å². The summed E-state index contributed by atoms with van der Waals surface area (Å²) < 4.78 is 5.52. The molecular formula is C15H19NO3. The van der Waals surface area contributed by atoms with Crippen LogP contribution in [0.2, 0.25) is 0 Å². The van der Waals surface area contributed by atoms with Gasteiger partial charge in [0, 0.05) is 7.05 Å². The van der Waals surface area contributed by atoms with Crippen LogP contribution in [0.4, 0.5) is 5.69 Å². The van der Waals surface area contributed by atoms with E-state index in [2.05, 4.69) is 12.1 Å². The maximum atomic E-state index is 11.6. The molecule has 102 valence electrons. The molecule has 1 N–H and O–H groups in total. The number of amides is 1. The van der Waals surface area contributed by atoms with E-state index < -0.39 is 0 Å². The largest absolute Gasteiger partial charge is 0.482 e. The number of rotatable bonds is 1. The van der Waals surface area contributed by atoms with Gasteiger partial charge in [-0.2, -0.15) is 0 Å². The molecule has 4 heteroatoms. The van der Waals surface area contributed by atoms with Gasteiger partial charge in [0.15, 0.2) is 6.61 Å². The molecule has 0 bridgehead atoms. The summed E-state index contributed by atoms with van der Waals surface area (Å²) in [5.41, 5.74) is 2.10. The Labute approximate surface area is 113 Å². The van der Waals surface area contributed by atoms with Crippen molar-refractivity contribution in [1.82, 2.24) is 0 Å². The van der Waals surface area contributed by atoms with Gasteiger partial charge in [-0.25, -0.2) is 0 Å². The first-order valence-corrected chi connectivity index (χ1v) is 6.86. The number of ether oxygens (including phenoxy) is 1. The molecule has 0 spiro atoms. The van der Waals surface area contributed by atoms with Crippen molar-refractivity contribution in [3.63, 3.8) is 0 Å². The number of likely N-dealkylation sites (N-methyl/N-ethyl adjacent to an activating group) is 1. The zero-order chi connectivity index (χ0) is 13.4. The number of benzene rings is 1. The van der Waals surface area contributed by atoms with Crippen LogP contribution in [0.25, 0.3) is 0 Å². The Balaban J connectivity index is 1.84. The zero-order valence-electron chi connectivity index (χ0n) is 11.1. The average Bonchev–Trinajstić information content (AvgIpc) is 2.43. The molecule has 0 unspecified atom stereocenters. The Morgan fingerprint density at radius 2 is 2.00 bits per heavy atom. The highest BCUT2D eigenvalue weighted by Crippen LogP contribution is 2.38. The minimum atomic E-state index is -0.131. The van der Waals surface area contributed by atoms with Crippen molar-refractivity contribution < 1.29 is 14.6 Å². The monoisotopic (exact) mass is 261 g/mol. The number of aliphatic hydroxyl groups is 1. The van der Waals surface area contributed by atoms with E-state index in [1.807, 2.05) is 6.07 Å². The van der Waals surface area contributed by atoms with Crippen LogP contribution in [0.3, 0.4) is 0 Å². The van der Waals surface area contributed by atoms with Crippen LogP contribution in [0, 0.1) is 0 Å². The Morgan fingerprint density at radius 3 is 2.74 bits per heavy atom. The highest BCUT2D eigenvalue weighted by Gasteiger charge is 2.25. The van der Waals surface area contributed by atoms with E-state index in [1.54, 1.807) is 11.9 Å². The first-order chi connectivity index (χ1) is 9.15. The molecule has 4 nitrogen and oxygen atoms in total. The Bertz CT molecular complexity index is 492. The summed E-state index contributed by atoms with van der Waals surface area (Å²) in [6, 6.07) is 6.10. The summed E-state index contributed by atoms with van der Waals surface area (Å²) in [6.45, 7) is 0.121. The highest BCUT2D eigenvalue weighted by molar-refractivity contribution is 5.97. The van der Waals surface area contributed by atoms with E-state index >= 15 is 0 Å². The molecule has 0 radical (unpaired) electrons.